The van der Waals surface area contributed by atoms with Crippen LogP contribution in [0.2, 0.25) is 0 Å². The van der Waals surface area contributed by atoms with Gasteiger partial charge in [-0.25, -0.2) is 4.98 Å². The average Bonchev–Trinajstić information content (AvgIpc) is 3.06. The van der Waals surface area contributed by atoms with Crippen LogP contribution in [0.1, 0.15) is 53.9 Å². The molecular formula is C12H18N2O2S. The van der Waals surface area contributed by atoms with Crippen molar-refractivity contribution in [2.75, 3.05) is 6.61 Å². The Hall–Kier alpha value is -0.940. The summed E-state index contributed by atoms with van der Waals surface area (Å²) in [6.45, 7) is 2.12. The maximum atomic E-state index is 12.1. The number of carbonyl (C=O) groups is 1. The Labute approximate surface area is 105 Å². The van der Waals surface area contributed by atoms with Crippen LogP contribution in [0.5, 0.6) is 0 Å². The molecule has 2 rings (SSSR count). The Kier molecular flexibility index (Phi) is 4.12. The lowest BCUT2D eigenvalue weighted by atomic mass is 10.1. The highest BCUT2D eigenvalue weighted by Gasteiger charge is 2.30. The lowest BCUT2D eigenvalue weighted by molar-refractivity contribution is 0.0932. The van der Waals surface area contributed by atoms with Crippen LogP contribution in [-0.2, 0) is 0 Å². The number of nitrogens with one attached hydrogen (secondary N) is 1. The molecule has 1 amide bonds. The highest BCUT2D eigenvalue weighted by atomic mass is 32.1. The van der Waals surface area contributed by atoms with Gasteiger partial charge >= 0.3 is 0 Å². The second-order valence-electron chi connectivity index (χ2n) is 4.43. The van der Waals surface area contributed by atoms with Gasteiger partial charge in [-0.15, -0.1) is 11.3 Å². The van der Waals surface area contributed by atoms with E-state index in [1.165, 1.54) is 11.3 Å². The number of aromatic nitrogens is 1. The molecule has 94 valence electrons. The first-order chi connectivity index (χ1) is 8.26. The summed E-state index contributed by atoms with van der Waals surface area (Å²) in [7, 11) is 0. The summed E-state index contributed by atoms with van der Waals surface area (Å²) in [6.07, 6.45) is 3.75. The monoisotopic (exact) mass is 254 g/mol. The molecule has 0 bridgehead atoms. The standard InChI is InChI=1S/C12H18N2O2S/c1-2-9(5-6-15)14-12(16)11-10(8-3-4-8)13-7-17-11/h7-9,15H,2-6H2,1H3,(H,14,16). The van der Waals surface area contributed by atoms with E-state index in [4.69, 9.17) is 5.11 Å². The third-order valence-electron chi connectivity index (χ3n) is 3.07. The normalized spacial score (nSPS) is 16.8. The summed E-state index contributed by atoms with van der Waals surface area (Å²) in [5.41, 5.74) is 2.71. The summed E-state index contributed by atoms with van der Waals surface area (Å²) in [5, 5.41) is 11.9. The molecule has 0 saturated heterocycles. The molecule has 1 heterocycles. The van der Waals surface area contributed by atoms with Crippen molar-refractivity contribution in [3.8, 4) is 0 Å². The zero-order valence-electron chi connectivity index (χ0n) is 9.98. The van der Waals surface area contributed by atoms with E-state index in [0.717, 1.165) is 29.8 Å². The largest absolute Gasteiger partial charge is 0.396 e. The number of amides is 1. The third kappa shape index (κ3) is 3.04. The molecule has 17 heavy (non-hydrogen) atoms. The van der Waals surface area contributed by atoms with E-state index in [2.05, 4.69) is 10.3 Å². The minimum absolute atomic E-state index is 0.0327. The lowest BCUT2D eigenvalue weighted by Crippen LogP contribution is -2.35. The molecule has 2 N–H and O–H groups in total. The van der Waals surface area contributed by atoms with Gasteiger partial charge in [0.15, 0.2) is 0 Å². The zero-order chi connectivity index (χ0) is 12.3. The maximum Gasteiger partial charge on any atom is 0.263 e. The van der Waals surface area contributed by atoms with Gasteiger partial charge in [-0.3, -0.25) is 4.79 Å². The van der Waals surface area contributed by atoms with Gasteiger partial charge in [-0.05, 0) is 25.7 Å². The predicted molar refractivity (Wildman–Crippen MR) is 67.3 cm³/mol. The summed E-state index contributed by atoms with van der Waals surface area (Å²) in [5.74, 6) is 0.467. The first-order valence-electron chi connectivity index (χ1n) is 6.11. The molecule has 1 aromatic heterocycles. The molecule has 0 radical (unpaired) electrons. The van der Waals surface area contributed by atoms with E-state index >= 15 is 0 Å². The smallest absolute Gasteiger partial charge is 0.263 e. The number of hydrogen-bond acceptors (Lipinski definition) is 4. The Morgan fingerprint density at radius 3 is 3.06 bits per heavy atom. The van der Waals surface area contributed by atoms with Crippen LogP contribution in [0.3, 0.4) is 0 Å². The molecule has 4 nitrogen and oxygen atoms in total. The van der Waals surface area contributed by atoms with Crippen molar-refractivity contribution >= 4 is 17.2 Å². The van der Waals surface area contributed by atoms with Gasteiger partial charge < -0.3 is 10.4 Å². The van der Waals surface area contributed by atoms with Crippen molar-refractivity contribution in [1.29, 1.82) is 0 Å². The average molecular weight is 254 g/mol. The number of hydrogen-bond donors (Lipinski definition) is 2. The molecule has 1 aliphatic rings. The first-order valence-corrected chi connectivity index (χ1v) is 6.99. The van der Waals surface area contributed by atoms with Crippen LogP contribution < -0.4 is 5.32 Å². The Bertz CT molecular complexity index is 388. The van der Waals surface area contributed by atoms with Crippen molar-refractivity contribution in [1.82, 2.24) is 10.3 Å². The van der Waals surface area contributed by atoms with Crippen molar-refractivity contribution in [2.24, 2.45) is 0 Å². The van der Waals surface area contributed by atoms with Crippen LogP contribution in [-0.4, -0.2) is 28.6 Å². The molecule has 1 saturated carbocycles. The second-order valence-corrected chi connectivity index (χ2v) is 5.29. The number of nitrogens with zero attached hydrogens (tertiary/aromatic N) is 1. The zero-order valence-corrected chi connectivity index (χ0v) is 10.8. The van der Waals surface area contributed by atoms with Gasteiger partial charge in [0.2, 0.25) is 0 Å². The van der Waals surface area contributed by atoms with E-state index in [1.54, 1.807) is 5.51 Å². The van der Waals surface area contributed by atoms with E-state index in [9.17, 15) is 4.79 Å². The summed E-state index contributed by atoms with van der Waals surface area (Å²) < 4.78 is 0. The highest BCUT2D eigenvalue weighted by Crippen LogP contribution is 2.41. The van der Waals surface area contributed by atoms with Gasteiger partial charge in [-0.1, -0.05) is 6.92 Å². The molecule has 0 spiro atoms. The van der Waals surface area contributed by atoms with Crippen molar-refractivity contribution in [3.63, 3.8) is 0 Å². The summed E-state index contributed by atoms with van der Waals surface area (Å²) in [4.78, 5) is 17.1. The quantitative estimate of drug-likeness (QED) is 0.815. The predicted octanol–water partition coefficient (Wildman–Crippen LogP) is 1.91. The molecule has 0 aliphatic heterocycles. The molecule has 5 heteroatoms. The minimum atomic E-state index is -0.0327. The maximum absolute atomic E-state index is 12.1. The van der Waals surface area contributed by atoms with Gasteiger partial charge in [0, 0.05) is 18.6 Å². The van der Waals surface area contributed by atoms with Gasteiger partial charge in [0.25, 0.3) is 5.91 Å². The Morgan fingerprint density at radius 1 is 1.71 bits per heavy atom. The summed E-state index contributed by atoms with van der Waals surface area (Å²) >= 11 is 1.41. The summed E-state index contributed by atoms with van der Waals surface area (Å²) in [6, 6.07) is 0.0571. The first kappa shape index (κ1) is 12.5. The SMILES string of the molecule is CCC(CCO)NC(=O)c1scnc1C1CC1. The number of thiazole rings is 1. The van der Waals surface area contributed by atoms with Crippen LogP contribution >= 0.6 is 11.3 Å². The molecule has 0 aromatic carbocycles. The minimum Gasteiger partial charge on any atom is -0.396 e. The van der Waals surface area contributed by atoms with Crippen LogP contribution in [0.25, 0.3) is 0 Å². The molecule has 1 unspecified atom stereocenters. The third-order valence-corrected chi connectivity index (χ3v) is 3.91. The molecule has 1 atom stereocenters. The topological polar surface area (TPSA) is 62.2 Å². The van der Waals surface area contributed by atoms with E-state index in [-0.39, 0.29) is 18.6 Å². The number of aliphatic hydroxyl groups is 1. The molecular weight excluding hydrogens is 236 g/mol. The number of carbonyl (C=O) groups excluding carboxylic acids is 1. The number of rotatable bonds is 6. The van der Waals surface area contributed by atoms with Gasteiger partial charge in [0.05, 0.1) is 11.2 Å². The fourth-order valence-electron chi connectivity index (χ4n) is 1.86. The van der Waals surface area contributed by atoms with Gasteiger partial charge in [-0.2, -0.15) is 0 Å². The highest BCUT2D eigenvalue weighted by molar-refractivity contribution is 7.11. The molecule has 1 aromatic rings. The lowest BCUT2D eigenvalue weighted by Gasteiger charge is -2.15. The Morgan fingerprint density at radius 2 is 2.47 bits per heavy atom. The molecule has 1 fully saturated rings. The van der Waals surface area contributed by atoms with Gasteiger partial charge in [0.1, 0.15) is 4.88 Å². The van der Waals surface area contributed by atoms with Crippen LogP contribution in [0, 0.1) is 0 Å². The van der Waals surface area contributed by atoms with E-state index in [1.807, 2.05) is 6.92 Å². The fraction of sp³-hybridized carbons (Fsp3) is 0.667. The van der Waals surface area contributed by atoms with Crippen LogP contribution in [0.4, 0.5) is 0 Å². The van der Waals surface area contributed by atoms with Crippen molar-refractivity contribution < 1.29 is 9.90 Å². The van der Waals surface area contributed by atoms with Crippen molar-refractivity contribution in [2.45, 2.75) is 44.6 Å². The number of aliphatic hydroxyl groups excluding tert-OH is 1. The second kappa shape index (κ2) is 5.60. The van der Waals surface area contributed by atoms with Crippen molar-refractivity contribution in [3.05, 3.63) is 16.1 Å². The van der Waals surface area contributed by atoms with Crippen LogP contribution in [0.15, 0.2) is 5.51 Å². The van der Waals surface area contributed by atoms with E-state index in [0.29, 0.717) is 12.3 Å². The fourth-order valence-corrected chi connectivity index (χ4v) is 2.64. The van der Waals surface area contributed by atoms with E-state index < -0.39 is 0 Å². The molecule has 1 aliphatic carbocycles. The Balaban J connectivity index is 2.00.